The minimum atomic E-state index is -0.363. The van der Waals surface area contributed by atoms with E-state index in [2.05, 4.69) is 16.6 Å². The molecule has 0 radical (unpaired) electrons. The second-order valence-corrected chi connectivity index (χ2v) is 2.59. The highest BCUT2D eigenvalue weighted by molar-refractivity contribution is 5.66. The van der Waals surface area contributed by atoms with E-state index in [1.807, 2.05) is 0 Å². The van der Waals surface area contributed by atoms with Crippen LogP contribution in [0.4, 0.5) is 4.39 Å². The molecular formula is C11H9FO2. The molecule has 0 aromatic heterocycles. The summed E-state index contributed by atoms with van der Waals surface area (Å²) in [6.45, 7) is 1.38. The van der Waals surface area contributed by atoms with E-state index in [0.29, 0.717) is 5.56 Å². The Labute approximate surface area is 81.7 Å². The van der Waals surface area contributed by atoms with Crippen LogP contribution in [0.3, 0.4) is 0 Å². The van der Waals surface area contributed by atoms with Gasteiger partial charge in [-0.05, 0) is 24.3 Å². The number of benzene rings is 1. The molecule has 0 N–H and O–H groups in total. The molecule has 0 amide bonds. The predicted molar refractivity (Wildman–Crippen MR) is 49.9 cm³/mol. The van der Waals surface area contributed by atoms with Crippen molar-refractivity contribution in [3.05, 3.63) is 35.6 Å². The normalized spacial score (nSPS) is 8.71. The number of hydrogen-bond donors (Lipinski definition) is 0. The lowest BCUT2D eigenvalue weighted by atomic mass is 10.2. The summed E-state index contributed by atoms with van der Waals surface area (Å²) < 4.78 is 17.1. The quantitative estimate of drug-likeness (QED) is 0.500. The van der Waals surface area contributed by atoms with Crippen LogP contribution in [-0.4, -0.2) is 12.6 Å². The molecule has 0 heterocycles. The minimum absolute atomic E-state index is 0.0622. The highest BCUT2D eigenvalue weighted by Crippen LogP contribution is 2.00. The van der Waals surface area contributed by atoms with Gasteiger partial charge in [0.15, 0.2) is 6.61 Å². The van der Waals surface area contributed by atoms with Crippen LogP contribution in [0, 0.1) is 17.7 Å². The molecule has 0 aliphatic heterocycles. The van der Waals surface area contributed by atoms with Crippen molar-refractivity contribution in [1.82, 2.24) is 0 Å². The predicted octanol–water partition coefficient (Wildman–Crippen LogP) is 1.74. The van der Waals surface area contributed by atoms with Gasteiger partial charge < -0.3 is 4.74 Å². The third kappa shape index (κ3) is 3.72. The van der Waals surface area contributed by atoms with Gasteiger partial charge in [0.2, 0.25) is 0 Å². The van der Waals surface area contributed by atoms with Gasteiger partial charge in [-0.1, -0.05) is 11.8 Å². The fraction of sp³-hybridized carbons (Fsp3) is 0.182. The van der Waals surface area contributed by atoms with Gasteiger partial charge in [0.25, 0.3) is 0 Å². The summed E-state index contributed by atoms with van der Waals surface area (Å²) in [5.41, 5.74) is 0.693. The standard InChI is InChI=1S/C11H9FO2/c1-9(13)14-8-2-3-10-4-6-11(12)7-5-10/h4-7H,8H2,1H3. The average molecular weight is 192 g/mol. The molecule has 1 aromatic rings. The van der Waals surface area contributed by atoms with Gasteiger partial charge in [-0.3, -0.25) is 4.79 Å². The summed E-state index contributed by atoms with van der Waals surface area (Å²) in [5.74, 6) is 4.71. The van der Waals surface area contributed by atoms with Gasteiger partial charge in [0.1, 0.15) is 5.82 Å². The molecule has 1 rings (SSSR count). The Hall–Kier alpha value is -1.82. The van der Waals surface area contributed by atoms with E-state index in [1.165, 1.54) is 19.1 Å². The van der Waals surface area contributed by atoms with Crippen molar-refractivity contribution in [1.29, 1.82) is 0 Å². The molecule has 0 saturated carbocycles. The van der Waals surface area contributed by atoms with E-state index in [9.17, 15) is 9.18 Å². The Morgan fingerprint density at radius 1 is 1.43 bits per heavy atom. The molecule has 72 valence electrons. The van der Waals surface area contributed by atoms with Gasteiger partial charge >= 0.3 is 5.97 Å². The second-order valence-electron chi connectivity index (χ2n) is 2.59. The Morgan fingerprint density at radius 3 is 2.64 bits per heavy atom. The van der Waals surface area contributed by atoms with Crippen LogP contribution in [0.5, 0.6) is 0 Å². The maximum atomic E-state index is 12.5. The van der Waals surface area contributed by atoms with Crippen molar-refractivity contribution in [3.8, 4) is 11.8 Å². The SMILES string of the molecule is CC(=O)OCC#Cc1ccc(F)cc1. The molecule has 0 saturated heterocycles. The number of ether oxygens (including phenoxy) is 1. The molecule has 0 aliphatic carbocycles. The number of esters is 1. The summed E-state index contributed by atoms with van der Waals surface area (Å²) in [6.07, 6.45) is 0. The summed E-state index contributed by atoms with van der Waals surface area (Å²) in [7, 11) is 0. The lowest BCUT2D eigenvalue weighted by Gasteiger charge is -1.92. The first-order chi connectivity index (χ1) is 6.68. The third-order valence-electron chi connectivity index (χ3n) is 1.42. The minimum Gasteiger partial charge on any atom is -0.453 e. The Balaban J connectivity index is 2.51. The van der Waals surface area contributed by atoms with Gasteiger partial charge in [0, 0.05) is 12.5 Å². The molecule has 0 bridgehead atoms. The number of carbonyl (C=O) groups excluding carboxylic acids is 1. The van der Waals surface area contributed by atoms with Gasteiger partial charge in [0.05, 0.1) is 0 Å². The lowest BCUT2D eigenvalue weighted by molar-refractivity contribution is -0.139. The average Bonchev–Trinajstić information content (AvgIpc) is 2.15. The molecule has 0 aliphatic rings. The number of rotatable bonds is 1. The second kappa shape index (κ2) is 5.03. The van der Waals surface area contributed by atoms with Crippen LogP contribution in [-0.2, 0) is 9.53 Å². The lowest BCUT2D eigenvalue weighted by Crippen LogP contribution is -1.97. The van der Waals surface area contributed by atoms with E-state index in [-0.39, 0.29) is 18.4 Å². The first-order valence-electron chi connectivity index (χ1n) is 4.06. The monoisotopic (exact) mass is 192 g/mol. The fourth-order valence-electron chi connectivity index (χ4n) is 0.809. The van der Waals surface area contributed by atoms with Crippen LogP contribution in [0.15, 0.2) is 24.3 Å². The van der Waals surface area contributed by atoms with E-state index in [0.717, 1.165) is 0 Å². The summed E-state index contributed by atoms with van der Waals surface area (Å²) >= 11 is 0. The molecular weight excluding hydrogens is 183 g/mol. The van der Waals surface area contributed by atoms with Crippen molar-refractivity contribution in [2.24, 2.45) is 0 Å². The third-order valence-corrected chi connectivity index (χ3v) is 1.42. The van der Waals surface area contributed by atoms with Crippen LogP contribution in [0.25, 0.3) is 0 Å². The van der Waals surface area contributed by atoms with E-state index >= 15 is 0 Å². The molecule has 2 nitrogen and oxygen atoms in total. The van der Waals surface area contributed by atoms with Crippen molar-refractivity contribution < 1.29 is 13.9 Å². The molecule has 0 spiro atoms. The van der Waals surface area contributed by atoms with Crippen molar-refractivity contribution >= 4 is 5.97 Å². The Morgan fingerprint density at radius 2 is 2.07 bits per heavy atom. The molecule has 0 atom stereocenters. The van der Waals surface area contributed by atoms with E-state index in [4.69, 9.17) is 0 Å². The summed E-state index contributed by atoms with van der Waals surface area (Å²) in [6, 6.07) is 5.79. The van der Waals surface area contributed by atoms with Crippen LogP contribution >= 0.6 is 0 Å². The van der Waals surface area contributed by atoms with Gasteiger partial charge in [-0.2, -0.15) is 0 Å². The molecule has 14 heavy (non-hydrogen) atoms. The number of carbonyl (C=O) groups is 1. The first kappa shape index (κ1) is 10.3. The summed E-state index contributed by atoms with van der Waals surface area (Å²) in [4.78, 5) is 10.4. The smallest absolute Gasteiger partial charge is 0.303 e. The van der Waals surface area contributed by atoms with Crippen LogP contribution in [0.1, 0.15) is 12.5 Å². The largest absolute Gasteiger partial charge is 0.453 e. The van der Waals surface area contributed by atoms with Crippen molar-refractivity contribution in [2.75, 3.05) is 6.61 Å². The topological polar surface area (TPSA) is 26.3 Å². The number of hydrogen-bond acceptors (Lipinski definition) is 2. The van der Waals surface area contributed by atoms with Crippen LogP contribution in [0.2, 0.25) is 0 Å². The zero-order valence-corrected chi connectivity index (χ0v) is 7.71. The highest BCUT2D eigenvalue weighted by Gasteiger charge is 1.89. The zero-order chi connectivity index (χ0) is 10.4. The van der Waals surface area contributed by atoms with Crippen LogP contribution < -0.4 is 0 Å². The Kier molecular flexibility index (Phi) is 3.69. The maximum Gasteiger partial charge on any atom is 0.303 e. The fourth-order valence-corrected chi connectivity index (χ4v) is 0.809. The van der Waals surface area contributed by atoms with E-state index < -0.39 is 0 Å². The van der Waals surface area contributed by atoms with Gasteiger partial charge in [-0.15, -0.1) is 0 Å². The number of halogens is 1. The zero-order valence-electron chi connectivity index (χ0n) is 7.71. The highest BCUT2D eigenvalue weighted by atomic mass is 19.1. The Bertz CT molecular complexity index is 371. The maximum absolute atomic E-state index is 12.5. The molecule has 0 fully saturated rings. The summed E-state index contributed by atoms with van der Waals surface area (Å²) in [5, 5.41) is 0. The molecule has 3 heteroatoms. The van der Waals surface area contributed by atoms with Crippen molar-refractivity contribution in [2.45, 2.75) is 6.92 Å². The first-order valence-corrected chi connectivity index (χ1v) is 4.06. The molecule has 1 aromatic carbocycles. The van der Waals surface area contributed by atoms with Crippen molar-refractivity contribution in [3.63, 3.8) is 0 Å². The van der Waals surface area contributed by atoms with Gasteiger partial charge in [-0.25, -0.2) is 4.39 Å². The van der Waals surface area contributed by atoms with E-state index in [1.54, 1.807) is 12.1 Å². The molecule has 0 unspecified atom stereocenters.